The van der Waals surface area contributed by atoms with Crippen LogP contribution in [0.1, 0.15) is 30.9 Å². The highest BCUT2D eigenvalue weighted by Gasteiger charge is 2.45. The van der Waals surface area contributed by atoms with Gasteiger partial charge in [0.25, 0.3) is 5.91 Å². The predicted octanol–water partition coefficient (Wildman–Crippen LogP) is 2.91. The standard InChI is InChI=1S/C23H29N3O2/c1-19-22(27)26(17-21-8-5-12-24-16-21)18-23(28-19)10-14-25(15-11-23)13-9-20-6-3-2-4-7-20/h2-8,12,16,19H,9-11,13-15,17-18H2,1H3. The van der Waals surface area contributed by atoms with Crippen molar-refractivity contribution >= 4 is 5.91 Å². The van der Waals surface area contributed by atoms with Gasteiger partial charge in [0.15, 0.2) is 0 Å². The molecule has 2 aliphatic rings. The molecular formula is C23H29N3O2. The normalized spacial score (nSPS) is 22.5. The summed E-state index contributed by atoms with van der Waals surface area (Å²) in [6.45, 7) is 6.30. The number of amides is 1. The first kappa shape index (κ1) is 19.1. The molecule has 0 bridgehead atoms. The van der Waals surface area contributed by atoms with Crippen molar-refractivity contribution in [3.63, 3.8) is 0 Å². The van der Waals surface area contributed by atoms with Crippen LogP contribution in [0.3, 0.4) is 0 Å². The molecule has 0 aliphatic carbocycles. The fraction of sp³-hybridized carbons (Fsp3) is 0.478. The van der Waals surface area contributed by atoms with Crippen LogP contribution in [0.4, 0.5) is 0 Å². The third-order valence-corrected chi connectivity index (χ3v) is 5.99. The average molecular weight is 380 g/mol. The van der Waals surface area contributed by atoms with E-state index in [0.717, 1.165) is 44.5 Å². The molecule has 1 unspecified atom stereocenters. The summed E-state index contributed by atoms with van der Waals surface area (Å²) in [5, 5.41) is 0. The summed E-state index contributed by atoms with van der Waals surface area (Å²) < 4.78 is 6.27. The molecule has 1 aromatic carbocycles. The van der Waals surface area contributed by atoms with Crippen molar-refractivity contribution in [3.05, 3.63) is 66.0 Å². The molecule has 2 saturated heterocycles. The minimum absolute atomic E-state index is 0.0842. The summed E-state index contributed by atoms with van der Waals surface area (Å²) in [5.41, 5.74) is 2.25. The lowest BCUT2D eigenvalue weighted by Crippen LogP contribution is -2.61. The Kier molecular flexibility index (Phi) is 5.74. The van der Waals surface area contributed by atoms with E-state index in [4.69, 9.17) is 4.74 Å². The number of likely N-dealkylation sites (tertiary alicyclic amines) is 1. The summed E-state index contributed by atoms with van der Waals surface area (Å²) in [6.07, 6.45) is 6.26. The number of rotatable bonds is 5. The first-order valence-electron chi connectivity index (χ1n) is 10.3. The lowest BCUT2D eigenvalue weighted by atomic mass is 9.88. The van der Waals surface area contributed by atoms with Gasteiger partial charge in [0.1, 0.15) is 6.10 Å². The van der Waals surface area contributed by atoms with Crippen LogP contribution < -0.4 is 0 Å². The Morgan fingerprint density at radius 2 is 1.86 bits per heavy atom. The molecule has 28 heavy (non-hydrogen) atoms. The molecule has 2 aromatic rings. The molecule has 1 spiro atoms. The smallest absolute Gasteiger partial charge is 0.251 e. The molecule has 1 aromatic heterocycles. The first-order chi connectivity index (χ1) is 13.6. The average Bonchev–Trinajstić information content (AvgIpc) is 2.73. The number of pyridine rings is 1. The number of nitrogens with zero attached hydrogens (tertiary/aromatic N) is 3. The zero-order valence-electron chi connectivity index (χ0n) is 16.6. The van der Waals surface area contributed by atoms with Crippen molar-refractivity contribution in [2.75, 3.05) is 26.2 Å². The molecule has 2 aliphatic heterocycles. The van der Waals surface area contributed by atoms with Crippen LogP contribution in [-0.4, -0.2) is 58.6 Å². The fourth-order valence-corrected chi connectivity index (χ4v) is 4.38. The molecule has 1 amide bonds. The number of benzene rings is 1. The number of carbonyl (C=O) groups excluding carboxylic acids is 1. The van der Waals surface area contributed by atoms with E-state index in [0.29, 0.717) is 13.1 Å². The van der Waals surface area contributed by atoms with Crippen LogP contribution in [-0.2, 0) is 22.5 Å². The van der Waals surface area contributed by atoms with E-state index in [9.17, 15) is 4.79 Å². The zero-order valence-corrected chi connectivity index (χ0v) is 16.6. The van der Waals surface area contributed by atoms with Gasteiger partial charge in [-0.2, -0.15) is 0 Å². The van der Waals surface area contributed by atoms with Crippen molar-refractivity contribution in [1.82, 2.24) is 14.8 Å². The van der Waals surface area contributed by atoms with Crippen LogP contribution in [0.2, 0.25) is 0 Å². The zero-order chi connectivity index (χ0) is 19.4. The van der Waals surface area contributed by atoms with E-state index in [1.807, 2.05) is 30.2 Å². The van der Waals surface area contributed by atoms with E-state index in [1.54, 1.807) is 6.20 Å². The van der Waals surface area contributed by atoms with Crippen molar-refractivity contribution in [1.29, 1.82) is 0 Å². The SMILES string of the molecule is CC1OC2(CCN(CCc3ccccc3)CC2)CN(Cc2cccnc2)C1=O. The van der Waals surface area contributed by atoms with E-state index >= 15 is 0 Å². The number of aromatic nitrogens is 1. The van der Waals surface area contributed by atoms with Gasteiger partial charge in [-0.25, -0.2) is 0 Å². The quantitative estimate of drug-likeness (QED) is 0.801. The molecule has 5 heteroatoms. The highest BCUT2D eigenvalue weighted by molar-refractivity contribution is 5.81. The third-order valence-electron chi connectivity index (χ3n) is 5.99. The van der Waals surface area contributed by atoms with Gasteiger partial charge in [0, 0.05) is 38.6 Å². The van der Waals surface area contributed by atoms with Gasteiger partial charge in [-0.1, -0.05) is 36.4 Å². The Morgan fingerprint density at radius 1 is 1.11 bits per heavy atom. The second-order valence-electron chi connectivity index (χ2n) is 8.08. The van der Waals surface area contributed by atoms with Crippen molar-refractivity contribution in [3.8, 4) is 0 Å². The maximum Gasteiger partial charge on any atom is 0.251 e. The molecule has 0 saturated carbocycles. The molecule has 5 nitrogen and oxygen atoms in total. The number of hydrogen-bond donors (Lipinski definition) is 0. The van der Waals surface area contributed by atoms with E-state index in [1.165, 1.54) is 5.56 Å². The van der Waals surface area contributed by atoms with Gasteiger partial charge in [-0.05, 0) is 43.4 Å². The topological polar surface area (TPSA) is 45.7 Å². The summed E-state index contributed by atoms with van der Waals surface area (Å²) in [7, 11) is 0. The lowest BCUT2D eigenvalue weighted by molar-refractivity contribution is -0.190. The van der Waals surface area contributed by atoms with Crippen molar-refractivity contribution in [2.45, 2.75) is 44.4 Å². The van der Waals surface area contributed by atoms with Gasteiger partial charge in [-0.15, -0.1) is 0 Å². The molecule has 3 heterocycles. The number of piperidine rings is 1. The Balaban J connectivity index is 1.35. The van der Waals surface area contributed by atoms with Crippen LogP contribution in [0, 0.1) is 0 Å². The van der Waals surface area contributed by atoms with Gasteiger partial charge in [0.05, 0.1) is 12.1 Å². The minimum Gasteiger partial charge on any atom is -0.360 e. The van der Waals surface area contributed by atoms with Crippen LogP contribution in [0.15, 0.2) is 54.9 Å². The fourth-order valence-electron chi connectivity index (χ4n) is 4.38. The third kappa shape index (κ3) is 4.42. The molecule has 2 fully saturated rings. The van der Waals surface area contributed by atoms with Crippen molar-refractivity contribution < 1.29 is 9.53 Å². The highest BCUT2D eigenvalue weighted by atomic mass is 16.5. The van der Waals surface area contributed by atoms with Crippen LogP contribution >= 0.6 is 0 Å². The van der Waals surface area contributed by atoms with Crippen molar-refractivity contribution in [2.24, 2.45) is 0 Å². The lowest BCUT2D eigenvalue weighted by Gasteiger charge is -2.49. The molecule has 0 radical (unpaired) electrons. The number of carbonyl (C=O) groups is 1. The molecular weight excluding hydrogens is 350 g/mol. The second-order valence-corrected chi connectivity index (χ2v) is 8.08. The molecule has 148 valence electrons. The highest BCUT2D eigenvalue weighted by Crippen LogP contribution is 2.33. The number of ether oxygens (including phenoxy) is 1. The summed E-state index contributed by atoms with van der Waals surface area (Å²) in [6, 6.07) is 14.6. The van der Waals surface area contributed by atoms with E-state index in [-0.39, 0.29) is 17.6 Å². The number of hydrogen-bond acceptors (Lipinski definition) is 4. The minimum atomic E-state index is -0.374. The maximum atomic E-state index is 12.6. The number of morpholine rings is 1. The predicted molar refractivity (Wildman–Crippen MR) is 109 cm³/mol. The Labute approximate surface area is 167 Å². The largest absolute Gasteiger partial charge is 0.360 e. The van der Waals surface area contributed by atoms with Gasteiger partial charge in [-0.3, -0.25) is 9.78 Å². The molecule has 4 rings (SSSR count). The Bertz CT molecular complexity index is 773. The monoisotopic (exact) mass is 379 g/mol. The van der Waals surface area contributed by atoms with Crippen LogP contribution in [0.25, 0.3) is 0 Å². The van der Waals surface area contributed by atoms with Crippen LogP contribution in [0.5, 0.6) is 0 Å². The summed E-state index contributed by atoms with van der Waals surface area (Å²) in [4.78, 5) is 21.3. The van der Waals surface area contributed by atoms with Gasteiger partial charge < -0.3 is 14.5 Å². The van der Waals surface area contributed by atoms with E-state index < -0.39 is 0 Å². The second kappa shape index (κ2) is 8.41. The Morgan fingerprint density at radius 3 is 2.57 bits per heavy atom. The van der Waals surface area contributed by atoms with Gasteiger partial charge in [0.2, 0.25) is 0 Å². The Hall–Kier alpha value is -2.24. The maximum absolute atomic E-state index is 12.6. The summed E-state index contributed by atoms with van der Waals surface area (Å²) >= 11 is 0. The molecule has 1 atom stereocenters. The molecule has 0 N–H and O–H groups in total. The van der Waals surface area contributed by atoms with E-state index in [2.05, 4.69) is 40.2 Å². The first-order valence-corrected chi connectivity index (χ1v) is 10.3. The summed E-state index contributed by atoms with van der Waals surface area (Å²) in [5.74, 6) is 0.0842. The van der Waals surface area contributed by atoms with Gasteiger partial charge >= 0.3 is 0 Å².